The summed E-state index contributed by atoms with van der Waals surface area (Å²) in [5.41, 5.74) is 0.525. The third-order valence-electron chi connectivity index (χ3n) is 3.68. The molecule has 0 aromatic carbocycles. The molecule has 3 rings (SSSR count). The highest BCUT2D eigenvalue weighted by Crippen LogP contribution is 2.28. The van der Waals surface area contributed by atoms with Crippen molar-refractivity contribution in [1.82, 2.24) is 14.5 Å². The molecule has 0 aliphatic carbocycles. The number of nitrogens with zero attached hydrogens (tertiary/aromatic N) is 2. The summed E-state index contributed by atoms with van der Waals surface area (Å²) >= 11 is 0. The molecule has 0 radical (unpaired) electrons. The number of nitrogens with one attached hydrogen (secondary N) is 1. The number of aliphatic hydroxyl groups is 3. The molecule has 22 heavy (non-hydrogen) atoms. The maximum atomic E-state index is 12.1. The van der Waals surface area contributed by atoms with E-state index in [0.29, 0.717) is 17.6 Å². The number of ether oxygens (including phenoxy) is 2. The molecule has 2 aromatic heterocycles. The van der Waals surface area contributed by atoms with Gasteiger partial charge in [0.25, 0.3) is 0 Å². The Morgan fingerprint density at radius 2 is 2.23 bits per heavy atom. The van der Waals surface area contributed by atoms with E-state index in [2.05, 4.69) is 9.97 Å². The number of hydrogen-bond acceptors (Lipinski definition) is 7. The van der Waals surface area contributed by atoms with E-state index < -0.39 is 36.8 Å². The van der Waals surface area contributed by atoms with Crippen LogP contribution in [0.3, 0.4) is 0 Å². The van der Waals surface area contributed by atoms with Gasteiger partial charge in [-0.2, -0.15) is 4.98 Å². The normalized spacial score (nSPS) is 28.5. The minimum atomic E-state index is -1.33. The highest BCUT2D eigenvalue weighted by atomic mass is 16.6. The second-order valence-corrected chi connectivity index (χ2v) is 5.19. The fourth-order valence-electron chi connectivity index (χ4n) is 2.59. The van der Waals surface area contributed by atoms with Crippen LogP contribution in [0, 0.1) is 0 Å². The molecule has 4 N–H and O–H groups in total. The molecule has 2 aromatic rings. The summed E-state index contributed by atoms with van der Waals surface area (Å²) in [5, 5.41) is 29.5. The fourth-order valence-corrected chi connectivity index (χ4v) is 2.59. The van der Waals surface area contributed by atoms with E-state index in [4.69, 9.17) is 14.6 Å². The van der Waals surface area contributed by atoms with Gasteiger partial charge in [0.1, 0.15) is 24.0 Å². The van der Waals surface area contributed by atoms with Crippen LogP contribution in [0.25, 0.3) is 11.0 Å². The second-order valence-electron chi connectivity index (χ2n) is 5.19. The molecule has 4 atom stereocenters. The van der Waals surface area contributed by atoms with Crippen molar-refractivity contribution < 1.29 is 24.8 Å². The van der Waals surface area contributed by atoms with Crippen LogP contribution in [0.2, 0.25) is 0 Å². The van der Waals surface area contributed by atoms with E-state index >= 15 is 0 Å². The summed E-state index contributed by atoms with van der Waals surface area (Å²) in [6.45, 7) is -0.111. The molecule has 0 saturated carbocycles. The van der Waals surface area contributed by atoms with Crippen molar-refractivity contribution in [3.05, 3.63) is 28.4 Å². The summed E-state index contributed by atoms with van der Waals surface area (Å²) in [4.78, 5) is 18.9. The van der Waals surface area contributed by atoms with E-state index in [1.807, 2.05) is 0 Å². The van der Waals surface area contributed by atoms with E-state index in [9.17, 15) is 15.0 Å². The van der Waals surface area contributed by atoms with E-state index in [-0.39, 0.29) is 0 Å². The second kappa shape index (κ2) is 5.78. The molecule has 3 heterocycles. The summed E-state index contributed by atoms with van der Waals surface area (Å²) in [7, 11) is 1.55. The lowest BCUT2D eigenvalue weighted by Crippen LogP contribution is -2.35. The van der Waals surface area contributed by atoms with Gasteiger partial charge in [-0.25, -0.2) is 4.79 Å². The number of rotatable bonds is 4. The van der Waals surface area contributed by atoms with Crippen LogP contribution in [-0.4, -0.2) is 61.9 Å². The van der Waals surface area contributed by atoms with Crippen LogP contribution in [0.1, 0.15) is 11.9 Å². The zero-order valence-corrected chi connectivity index (χ0v) is 11.8. The Balaban J connectivity index is 2.00. The van der Waals surface area contributed by atoms with Gasteiger partial charge in [-0.3, -0.25) is 4.57 Å². The van der Waals surface area contributed by atoms with Crippen LogP contribution in [0.4, 0.5) is 0 Å². The number of aromatic amines is 1. The standard InChI is InChI=1S/C13H17N3O6/c1-21-5-7-2-6-3-16(13(20)15-11(6)14-7)12-10(19)9(18)8(4-17)22-12/h2-3,8-10,12,17-19H,4-5H2,1H3,(H,14,15,20)/t8-,9-,10+,12-/m1/s1. The van der Waals surface area contributed by atoms with Crippen LogP contribution in [-0.2, 0) is 16.1 Å². The highest BCUT2D eigenvalue weighted by molar-refractivity contribution is 5.75. The van der Waals surface area contributed by atoms with Crippen molar-refractivity contribution in [2.24, 2.45) is 0 Å². The Labute approximate surface area is 124 Å². The highest BCUT2D eigenvalue weighted by Gasteiger charge is 2.43. The molecule has 9 heteroatoms. The first-order valence-corrected chi connectivity index (χ1v) is 6.77. The summed E-state index contributed by atoms with van der Waals surface area (Å²) in [5.74, 6) is 0. The number of fused-ring (bicyclic) bond motifs is 1. The van der Waals surface area contributed by atoms with Gasteiger partial charge < -0.3 is 29.8 Å². The smallest absolute Gasteiger partial charge is 0.351 e. The summed E-state index contributed by atoms with van der Waals surface area (Å²) in [6, 6.07) is 1.77. The van der Waals surface area contributed by atoms with Gasteiger partial charge in [0.05, 0.1) is 13.2 Å². The molecule has 0 amide bonds. The van der Waals surface area contributed by atoms with E-state index in [1.165, 1.54) is 6.20 Å². The van der Waals surface area contributed by atoms with Crippen molar-refractivity contribution in [2.75, 3.05) is 13.7 Å². The van der Waals surface area contributed by atoms with Crippen molar-refractivity contribution in [3.63, 3.8) is 0 Å². The van der Waals surface area contributed by atoms with Gasteiger partial charge in [-0.15, -0.1) is 0 Å². The molecule has 1 aliphatic rings. The first kappa shape index (κ1) is 15.1. The van der Waals surface area contributed by atoms with Crippen LogP contribution in [0.5, 0.6) is 0 Å². The zero-order valence-electron chi connectivity index (χ0n) is 11.8. The van der Waals surface area contributed by atoms with Gasteiger partial charge >= 0.3 is 5.69 Å². The lowest BCUT2D eigenvalue weighted by atomic mass is 10.1. The molecule has 1 saturated heterocycles. The van der Waals surface area contributed by atoms with Gasteiger partial charge in [0.15, 0.2) is 6.23 Å². The number of hydrogen-bond donors (Lipinski definition) is 4. The van der Waals surface area contributed by atoms with Gasteiger partial charge in [0, 0.05) is 24.4 Å². The number of methoxy groups -OCH3 is 1. The number of aliphatic hydroxyl groups excluding tert-OH is 3. The molecule has 1 aliphatic heterocycles. The minimum Gasteiger partial charge on any atom is -0.394 e. The van der Waals surface area contributed by atoms with Crippen molar-refractivity contribution in [1.29, 1.82) is 0 Å². The third kappa shape index (κ3) is 2.42. The molecule has 9 nitrogen and oxygen atoms in total. The average molecular weight is 311 g/mol. The largest absolute Gasteiger partial charge is 0.394 e. The number of aromatic nitrogens is 3. The van der Waals surface area contributed by atoms with E-state index in [1.54, 1.807) is 13.2 Å². The molecule has 0 bridgehead atoms. The van der Waals surface area contributed by atoms with Gasteiger partial charge in [-0.05, 0) is 6.07 Å². The topological polar surface area (TPSA) is 130 Å². The lowest BCUT2D eigenvalue weighted by molar-refractivity contribution is -0.0547. The summed E-state index contributed by atoms with van der Waals surface area (Å²) in [6.07, 6.45) is -3.16. The average Bonchev–Trinajstić information content (AvgIpc) is 3.00. The molecule has 120 valence electrons. The molecule has 0 unspecified atom stereocenters. The monoisotopic (exact) mass is 311 g/mol. The first-order valence-electron chi connectivity index (χ1n) is 6.77. The molecular weight excluding hydrogens is 294 g/mol. The Bertz CT molecular complexity index is 726. The van der Waals surface area contributed by atoms with Crippen LogP contribution >= 0.6 is 0 Å². The lowest BCUT2D eigenvalue weighted by Gasteiger charge is -2.16. The Morgan fingerprint density at radius 1 is 1.45 bits per heavy atom. The SMILES string of the molecule is COCc1cc2cn([C@@H]3O[C@H](CO)[C@@H](O)[C@@H]3O)c(=O)nc2[nH]1. The molecule has 1 fully saturated rings. The first-order chi connectivity index (χ1) is 10.5. The fraction of sp³-hybridized carbons (Fsp3) is 0.538. The summed E-state index contributed by atoms with van der Waals surface area (Å²) < 4.78 is 11.5. The molecule has 0 spiro atoms. The van der Waals surface area contributed by atoms with E-state index in [0.717, 1.165) is 10.3 Å². The van der Waals surface area contributed by atoms with Crippen LogP contribution in [0.15, 0.2) is 17.1 Å². The third-order valence-corrected chi connectivity index (χ3v) is 3.68. The zero-order chi connectivity index (χ0) is 15.9. The maximum Gasteiger partial charge on any atom is 0.351 e. The Hall–Kier alpha value is -1.78. The minimum absolute atomic E-state index is 0.346. The predicted octanol–water partition coefficient (Wildman–Crippen LogP) is -1.52. The quantitative estimate of drug-likeness (QED) is 0.539. The Kier molecular flexibility index (Phi) is 3.98. The Morgan fingerprint density at radius 3 is 2.86 bits per heavy atom. The van der Waals surface area contributed by atoms with Gasteiger partial charge in [-0.1, -0.05) is 0 Å². The van der Waals surface area contributed by atoms with Crippen LogP contribution < -0.4 is 5.69 Å². The predicted molar refractivity (Wildman–Crippen MR) is 74.1 cm³/mol. The van der Waals surface area contributed by atoms with Crippen molar-refractivity contribution in [2.45, 2.75) is 31.1 Å². The van der Waals surface area contributed by atoms with Crippen molar-refractivity contribution in [3.8, 4) is 0 Å². The number of H-pyrrole nitrogens is 1. The van der Waals surface area contributed by atoms with Gasteiger partial charge in [0.2, 0.25) is 0 Å². The molecular formula is C13H17N3O6. The maximum absolute atomic E-state index is 12.1. The van der Waals surface area contributed by atoms with Crippen molar-refractivity contribution >= 4 is 11.0 Å².